The molecular weight excluding hydrogens is 342 g/mol. The van der Waals surface area contributed by atoms with Gasteiger partial charge in [-0.15, -0.1) is 0 Å². The van der Waals surface area contributed by atoms with Crippen molar-refractivity contribution < 1.29 is 19.4 Å². The third-order valence-corrected chi connectivity index (χ3v) is 3.59. The highest BCUT2D eigenvalue weighted by molar-refractivity contribution is 6.32. The maximum absolute atomic E-state index is 12.1. The van der Waals surface area contributed by atoms with Crippen LogP contribution < -0.4 is 10.1 Å². The van der Waals surface area contributed by atoms with Crippen LogP contribution in [-0.2, 0) is 9.59 Å². The minimum atomic E-state index is -1.03. The van der Waals surface area contributed by atoms with E-state index in [1.165, 1.54) is 6.08 Å². The van der Waals surface area contributed by atoms with Crippen molar-refractivity contribution in [1.29, 1.82) is 0 Å². The zero-order valence-corrected chi connectivity index (χ0v) is 14.6. The van der Waals surface area contributed by atoms with Gasteiger partial charge in [0.25, 0.3) is 5.91 Å². The summed E-state index contributed by atoms with van der Waals surface area (Å²) in [5.74, 6) is -0.885. The van der Waals surface area contributed by atoms with Gasteiger partial charge in [0.1, 0.15) is 5.75 Å². The van der Waals surface area contributed by atoms with E-state index in [0.29, 0.717) is 22.0 Å². The highest BCUT2D eigenvalue weighted by atomic mass is 35.5. The van der Waals surface area contributed by atoms with Crippen molar-refractivity contribution in [3.05, 3.63) is 64.2 Å². The number of benzene rings is 2. The third-order valence-electron chi connectivity index (χ3n) is 3.31. The largest absolute Gasteiger partial charge is 0.482 e. The first-order valence-corrected chi connectivity index (χ1v) is 7.93. The van der Waals surface area contributed by atoms with Crippen LogP contribution in [0, 0.1) is 13.8 Å². The maximum Gasteiger partial charge on any atom is 0.328 e. The lowest BCUT2D eigenvalue weighted by Gasteiger charge is -2.12. The predicted molar refractivity (Wildman–Crippen MR) is 98.2 cm³/mol. The Hall–Kier alpha value is -2.79. The van der Waals surface area contributed by atoms with Gasteiger partial charge in [-0.2, -0.15) is 0 Å². The lowest BCUT2D eigenvalue weighted by Crippen LogP contribution is -2.20. The number of ether oxygens (including phenoxy) is 1. The fraction of sp³-hybridized carbons (Fsp3) is 0.158. The number of carboxylic acids is 1. The van der Waals surface area contributed by atoms with E-state index in [1.807, 2.05) is 19.9 Å². The molecule has 2 N–H and O–H groups in total. The molecule has 0 aliphatic carbocycles. The average molecular weight is 360 g/mol. The van der Waals surface area contributed by atoms with Crippen LogP contribution in [0.5, 0.6) is 5.75 Å². The van der Waals surface area contributed by atoms with Crippen molar-refractivity contribution in [2.45, 2.75) is 13.8 Å². The molecule has 1 amide bonds. The van der Waals surface area contributed by atoms with Crippen molar-refractivity contribution in [2.24, 2.45) is 0 Å². The first-order valence-electron chi connectivity index (χ1n) is 7.55. The van der Waals surface area contributed by atoms with E-state index < -0.39 is 5.97 Å². The second-order valence-electron chi connectivity index (χ2n) is 5.53. The molecule has 0 fully saturated rings. The van der Waals surface area contributed by atoms with Crippen LogP contribution in [0.25, 0.3) is 6.08 Å². The number of aliphatic carboxylic acids is 1. The molecule has 0 aromatic heterocycles. The van der Waals surface area contributed by atoms with E-state index in [1.54, 1.807) is 30.3 Å². The van der Waals surface area contributed by atoms with E-state index in [2.05, 4.69) is 5.32 Å². The summed E-state index contributed by atoms with van der Waals surface area (Å²) in [5, 5.41) is 11.8. The Labute approximate surface area is 150 Å². The van der Waals surface area contributed by atoms with Gasteiger partial charge in [-0.05, 0) is 54.8 Å². The van der Waals surface area contributed by atoms with Crippen molar-refractivity contribution in [2.75, 3.05) is 11.9 Å². The fourth-order valence-electron chi connectivity index (χ4n) is 2.31. The molecule has 0 radical (unpaired) electrons. The molecule has 25 heavy (non-hydrogen) atoms. The van der Waals surface area contributed by atoms with Crippen LogP contribution in [0.2, 0.25) is 5.02 Å². The standard InChI is InChI=1S/C19H18ClNO4/c1-12-8-13(2)19(16(20)9-12)25-11-17(22)21-15-5-3-4-14(10-15)6-7-18(23)24/h3-10H,11H2,1-2H3,(H,21,22)(H,23,24)/b7-6+. The summed E-state index contributed by atoms with van der Waals surface area (Å²) < 4.78 is 5.53. The molecule has 5 nitrogen and oxygen atoms in total. The number of nitrogens with one attached hydrogen (secondary N) is 1. The van der Waals surface area contributed by atoms with Crippen LogP contribution in [0.1, 0.15) is 16.7 Å². The number of carboxylic acid groups (broad SMARTS) is 1. The fourth-order valence-corrected chi connectivity index (χ4v) is 2.68. The van der Waals surface area contributed by atoms with Crippen molar-refractivity contribution in [3.8, 4) is 5.75 Å². The van der Waals surface area contributed by atoms with Crippen LogP contribution in [0.3, 0.4) is 0 Å². The van der Waals surface area contributed by atoms with Gasteiger partial charge in [0.05, 0.1) is 5.02 Å². The Morgan fingerprint density at radius 1 is 1.24 bits per heavy atom. The molecule has 130 valence electrons. The van der Waals surface area contributed by atoms with Gasteiger partial charge in [-0.25, -0.2) is 4.79 Å². The monoisotopic (exact) mass is 359 g/mol. The Balaban J connectivity index is 1.99. The molecule has 0 aliphatic heterocycles. The highest BCUT2D eigenvalue weighted by Crippen LogP contribution is 2.29. The van der Waals surface area contributed by atoms with Gasteiger partial charge in [0.2, 0.25) is 0 Å². The maximum atomic E-state index is 12.1. The third kappa shape index (κ3) is 5.65. The molecular formula is C19H18ClNO4. The molecule has 2 rings (SSSR count). The van der Waals surface area contributed by atoms with Gasteiger partial charge in [0.15, 0.2) is 6.61 Å². The first kappa shape index (κ1) is 18.5. The quantitative estimate of drug-likeness (QED) is 0.762. The highest BCUT2D eigenvalue weighted by Gasteiger charge is 2.10. The smallest absolute Gasteiger partial charge is 0.328 e. The summed E-state index contributed by atoms with van der Waals surface area (Å²) in [5.41, 5.74) is 3.09. The number of aryl methyl sites for hydroxylation is 2. The minimum absolute atomic E-state index is 0.182. The van der Waals surface area contributed by atoms with E-state index in [-0.39, 0.29) is 12.5 Å². The number of carbonyl (C=O) groups is 2. The second kappa shape index (κ2) is 8.35. The van der Waals surface area contributed by atoms with E-state index >= 15 is 0 Å². The molecule has 6 heteroatoms. The molecule has 0 heterocycles. The Kier molecular flexibility index (Phi) is 6.19. The minimum Gasteiger partial charge on any atom is -0.482 e. The topological polar surface area (TPSA) is 75.6 Å². The molecule has 0 saturated heterocycles. The number of rotatable bonds is 6. The summed E-state index contributed by atoms with van der Waals surface area (Å²) >= 11 is 6.15. The normalized spacial score (nSPS) is 10.7. The first-order chi connectivity index (χ1) is 11.8. The number of halogens is 1. The molecule has 0 saturated carbocycles. The zero-order valence-electron chi connectivity index (χ0n) is 13.9. The second-order valence-corrected chi connectivity index (χ2v) is 5.93. The summed E-state index contributed by atoms with van der Waals surface area (Å²) in [4.78, 5) is 22.6. The number of hydrogen-bond donors (Lipinski definition) is 2. The molecule has 0 aliphatic rings. The summed E-state index contributed by atoms with van der Waals surface area (Å²) in [6.45, 7) is 3.62. The number of carbonyl (C=O) groups excluding carboxylic acids is 1. The van der Waals surface area contributed by atoms with Gasteiger partial charge >= 0.3 is 5.97 Å². The van der Waals surface area contributed by atoms with Gasteiger partial charge in [0, 0.05) is 11.8 Å². The number of hydrogen-bond acceptors (Lipinski definition) is 3. The average Bonchev–Trinajstić information content (AvgIpc) is 2.52. The van der Waals surface area contributed by atoms with Gasteiger partial charge in [-0.3, -0.25) is 4.79 Å². The van der Waals surface area contributed by atoms with Crippen LogP contribution in [-0.4, -0.2) is 23.6 Å². The van der Waals surface area contributed by atoms with Crippen LogP contribution >= 0.6 is 11.6 Å². The Morgan fingerprint density at radius 3 is 2.68 bits per heavy atom. The lowest BCUT2D eigenvalue weighted by molar-refractivity contribution is -0.131. The van der Waals surface area contributed by atoms with Crippen molar-refractivity contribution in [1.82, 2.24) is 0 Å². The SMILES string of the molecule is Cc1cc(C)c(OCC(=O)Nc2cccc(/C=C/C(=O)O)c2)c(Cl)c1. The molecule has 0 spiro atoms. The summed E-state index contributed by atoms with van der Waals surface area (Å²) in [6, 6.07) is 10.5. The summed E-state index contributed by atoms with van der Waals surface area (Å²) in [7, 11) is 0. The van der Waals surface area contributed by atoms with E-state index in [9.17, 15) is 9.59 Å². The predicted octanol–water partition coefficient (Wildman–Crippen LogP) is 4.07. The van der Waals surface area contributed by atoms with Gasteiger partial charge in [-0.1, -0.05) is 29.8 Å². The Bertz CT molecular complexity index is 807. The van der Waals surface area contributed by atoms with Crippen molar-refractivity contribution in [3.63, 3.8) is 0 Å². The van der Waals surface area contributed by atoms with Gasteiger partial charge < -0.3 is 15.2 Å². The number of anilines is 1. The number of amides is 1. The summed E-state index contributed by atoms with van der Waals surface area (Å²) in [6.07, 6.45) is 2.48. The molecule has 0 atom stereocenters. The van der Waals surface area contributed by atoms with E-state index in [0.717, 1.165) is 17.2 Å². The van der Waals surface area contributed by atoms with Crippen LogP contribution in [0.15, 0.2) is 42.5 Å². The Morgan fingerprint density at radius 2 is 2.00 bits per heavy atom. The zero-order chi connectivity index (χ0) is 18.4. The molecule has 2 aromatic carbocycles. The molecule has 0 bridgehead atoms. The lowest BCUT2D eigenvalue weighted by atomic mass is 10.1. The van der Waals surface area contributed by atoms with Crippen molar-refractivity contribution >= 4 is 35.2 Å². The molecule has 2 aromatic rings. The van der Waals surface area contributed by atoms with Crippen LogP contribution in [0.4, 0.5) is 5.69 Å². The molecule has 0 unspecified atom stereocenters. The van der Waals surface area contributed by atoms with E-state index in [4.69, 9.17) is 21.4 Å².